The van der Waals surface area contributed by atoms with Crippen molar-refractivity contribution in [3.63, 3.8) is 0 Å². The molecule has 0 unspecified atom stereocenters. The molecule has 3 amide bonds. The molecule has 4 rings (SSSR count). The van der Waals surface area contributed by atoms with Crippen molar-refractivity contribution in [3.8, 4) is 0 Å². The summed E-state index contributed by atoms with van der Waals surface area (Å²) in [7, 11) is 0. The number of hydrogen-bond acceptors (Lipinski definition) is 4. The molecule has 1 aliphatic rings. The van der Waals surface area contributed by atoms with Gasteiger partial charge in [0, 0.05) is 18.2 Å². The molecule has 0 saturated heterocycles. The maximum Gasteiger partial charge on any atom is 0.419 e. The number of anilines is 3. The van der Waals surface area contributed by atoms with Crippen molar-refractivity contribution in [1.82, 2.24) is 0 Å². The predicted octanol–water partition coefficient (Wildman–Crippen LogP) is 7.92. The molecule has 1 saturated carbocycles. The summed E-state index contributed by atoms with van der Waals surface area (Å²) in [6.45, 7) is 3.18. The van der Waals surface area contributed by atoms with E-state index in [1.54, 1.807) is 6.92 Å². The molecule has 0 bridgehead atoms. The van der Waals surface area contributed by atoms with Crippen LogP contribution in [0.2, 0.25) is 5.02 Å². The maximum absolute atomic E-state index is 15.1. The Balaban J connectivity index is 1.51. The fourth-order valence-electron chi connectivity index (χ4n) is 4.52. The minimum absolute atomic E-state index is 0.0168. The SMILES string of the molecule is CCO[C@H](C)C(=O)Nc1c(F)ccc(NC(=O)c2cc(NC(=O)[C@H]3[C@H](c4ccc(F)c(C(F)(F)F)c4)C3(Cl)Cl)ccc2Cl)c1F. The molecule has 1 aliphatic carbocycles. The molecule has 3 N–H and O–H groups in total. The molecule has 240 valence electrons. The van der Waals surface area contributed by atoms with Crippen LogP contribution in [0.5, 0.6) is 0 Å². The number of ether oxygens (including phenoxy) is 1. The Bertz CT molecular complexity index is 1670. The standard InChI is InChI=1S/C29H22Cl3F6N3O4/c1-3-45-12(2)25(42)41-24-19(34)8-9-20(23(24)35)40-26(43)15-11-14(5-6-17(15)30)39-27(44)22-21(28(22,31)32)13-4-7-18(33)16(10-13)29(36,37)38/h4-12,21-22H,3H2,1-2H3,(H,39,44)(H,40,43)(H,41,42)/t12-,21+,22-/m1/s1. The van der Waals surface area contributed by atoms with E-state index in [0.717, 1.165) is 24.3 Å². The Labute approximate surface area is 267 Å². The number of carbonyl (C=O) groups is 3. The van der Waals surface area contributed by atoms with Crippen LogP contribution in [-0.2, 0) is 20.5 Å². The lowest BCUT2D eigenvalue weighted by Gasteiger charge is -2.15. The number of halogens is 9. The highest BCUT2D eigenvalue weighted by Gasteiger charge is 2.67. The van der Waals surface area contributed by atoms with Gasteiger partial charge >= 0.3 is 6.18 Å². The van der Waals surface area contributed by atoms with E-state index >= 15 is 4.39 Å². The van der Waals surface area contributed by atoms with Crippen LogP contribution in [-0.4, -0.2) is 34.8 Å². The lowest BCUT2D eigenvalue weighted by molar-refractivity contribution is -0.140. The smallest absolute Gasteiger partial charge is 0.369 e. The molecule has 0 heterocycles. The quantitative estimate of drug-likeness (QED) is 0.157. The van der Waals surface area contributed by atoms with Gasteiger partial charge in [-0.25, -0.2) is 13.2 Å². The fourth-order valence-corrected chi connectivity index (χ4v) is 5.55. The van der Waals surface area contributed by atoms with Gasteiger partial charge in [-0.15, -0.1) is 23.2 Å². The maximum atomic E-state index is 15.1. The first-order valence-corrected chi connectivity index (χ1v) is 14.2. The first-order chi connectivity index (χ1) is 21.0. The van der Waals surface area contributed by atoms with E-state index < -0.39 is 80.6 Å². The zero-order valence-corrected chi connectivity index (χ0v) is 25.4. The number of alkyl halides is 5. The highest BCUT2D eigenvalue weighted by atomic mass is 35.5. The van der Waals surface area contributed by atoms with Crippen molar-refractivity contribution in [3.05, 3.63) is 87.7 Å². The Hall–Kier alpha value is -3.52. The third-order valence-electron chi connectivity index (χ3n) is 6.84. The molecular formula is C29H22Cl3F6N3O4. The molecule has 7 nitrogen and oxygen atoms in total. The number of nitrogens with one attached hydrogen (secondary N) is 3. The predicted molar refractivity (Wildman–Crippen MR) is 156 cm³/mol. The molecule has 3 atom stereocenters. The topological polar surface area (TPSA) is 96.5 Å². The molecule has 1 fully saturated rings. The highest BCUT2D eigenvalue weighted by molar-refractivity contribution is 6.53. The van der Waals surface area contributed by atoms with Crippen molar-refractivity contribution in [1.29, 1.82) is 0 Å². The zero-order valence-electron chi connectivity index (χ0n) is 23.1. The first kappa shape index (κ1) is 34.4. The molecule has 0 spiro atoms. The average molecular weight is 697 g/mol. The van der Waals surface area contributed by atoms with Crippen LogP contribution in [0.25, 0.3) is 0 Å². The van der Waals surface area contributed by atoms with Crippen molar-refractivity contribution in [2.45, 2.75) is 36.4 Å². The number of amides is 3. The van der Waals surface area contributed by atoms with Gasteiger partial charge in [0.2, 0.25) is 5.91 Å². The van der Waals surface area contributed by atoms with Crippen LogP contribution in [0.4, 0.5) is 43.4 Å². The minimum Gasteiger partial charge on any atom is -0.369 e. The summed E-state index contributed by atoms with van der Waals surface area (Å²) in [5, 5.41) is 6.61. The van der Waals surface area contributed by atoms with E-state index in [9.17, 15) is 36.3 Å². The second-order valence-electron chi connectivity index (χ2n) is 9.88. The second-order valence-corrected chi connectivity index (χ2v) is 11.7. The van der Waals surface area contributed by atoms with Crippen molar-refractivity contribution in [2.75, 3.05) is 22.6 Å². The lowest BCUT2D eigenvalue weighted by Crippen LogP contribution is -2.28. The molecule has 0 aromatic heterocycles. The molecule has 3 aromatic carbocycles. The third kappa shape index (κ3) is 7.32. The summed E-state index contributed by atoms with van der Waals surface area (Å²) in [6.07, 6.45) is -6.02. The van der Waals surface area contributed by atoms with Crippen molar-refractivity contribution < 1.29 is 45.5 Å². The van der Waals surface area contributed by atoms with E-state index in [2.05, 4.69) is 16.0 Å². The van der Waals surface area contributed by atoms with Gasteiger partial charge in [0.1, 0.15) is 27.8 Å². The third-order valence-corrected chi connectivity index (χ3v) is 8.11. The van der Waals surface area contributed by atoms with Crippen LogP contribution in [0.1, 0.15) is 41.3 Å². The number of hydrogen-bond donors (Lipinski definition) is 3. The minimum atomic E-state index is -5.00. The van der Waals surface area contributed by atoms with E-state index in [1.807, 2.05) is 0 Å². The van der Waals surface area contributed by atoms with E-state index in [-0.39, 0.29) is 28.4 Å². The molecule has 3 aromatic rings. The van der Waals surface area contributed by atoms with Crippen molar-refractivity contribution in [2.24, 2.45) is 5.92 Å². The highest BCUT2D eigenvalue weighted by Crippen LogP contribution is 2.65. The van der Waals surface area contributed by atoms with Crippen LogP contribution in [0, 0.1) is 23.4 Å². The van der Waals surface area contributed by atoms with Gasteiger partial charge in [0.15, 0.2) is 5.82 Å². The van der Waals surface area contributed by atoms with Gasteiger partial charge in [-0.2, -0.15) is 13.2 Å². The largest absolute Gasteiger partial charge is 0.419 e. The average Bonchev–Trinajstić information content (AvgIpc) is 3.54. The number of rotatable bonds is 9. The molecule has 0 aliphatic heterocycles. The Morgan fingerprint density at radius 2 is 1.62 bits per heavy atom. The Morgan fingerprint density at radius 3 is 2.27 bits per heavy atom. The zero-order chi connectivity index (χ0) is 33.4. The van der Waals surface area contributed by atoms with Gasteiger partial charge in [-0.3, -0.25) is 14.4 Å². The summed E-state index contributed by atoms with van der Waals surface area (Å²) in [5.74, 6) is -8.95. The lowest BCUT2D eigenvalue weighted by atomic mass is 10.0. The summed E-state index contributed by atoms with van der Waals surface area (Å²) < 4.78 is 86.1. The monoisotopic (exact) mass is 695 g/mol. The second kappa shape index (κ2) is 13.1. The summed E-state index contributed by atoms with van der Waals surface area (Å²) >= 11 is 18.6. The summed E-state index contributed by atoms with van der Waals surface area (Å²) in [6, 6.07) is 7.53. The van der Waals surface area contributed by atoms with Gasteiger partial charge in [0.05, 0.1) is 27.8 Å². The van der Waals surface area contributed by atoms with Gasteiger partial charge in [0.25, 0.3) is 11.8 Å². The molecule has 0 radical (unpaired) electrons. The van der Waals surface area contributed by atoms with E-state index in [0.29, 0.717) is 12.1 Å². The van der Waals surface area contributed by atoms with Crippen LogP contribution >= 0.6 is 34.8 Å². The van der Waals surface area contributed by atoms with E-state index in [1.165, 1.54) is 19.1 Å². The van der Waals surface area contributed by atoms with Crippen molar-refractivity contribution >= 4 is 69.6 Å². The molecular weight excluding hydrogens is 675 g/mol. The summed E-state index contributed by atoms with van der Waals surface area (Å²) in [5.41, 5.74) is -3.29. The number of carbonyl (C=O) groups excluding carboxylic acids is 3. The summed E-state index contributed by atoms with van der Waals surface area (Å²) in [4.78, 5) is 38.3. The van der Waals surface area contributed by atoms with Crippen LogP contribution in [0.3, 0.4) is 0 Å². The molecule has 45 heavy (non-hydrogen) atoms. The molecule has 16 heteroatoms. The fraction of sp³-hybridized carbons (Fsp3) is 0.276. The normalized spacial score (nSPS) is 17.8. The van der Waals surface area contributed by atoms with Crippen LogP contribution in [0.15, 0.2) is 48.5 Å². The van der Waals surface area contributed by atoms with Gasteiger partial charge < -0.3 is 20.7 Å². The van der Waals surface area contributed by atoms with Gasteiger partial charge in [-0.1, -0.05) is 17.7 Å². The van der Waals surface area contributed by atoms with Crippen LogP contribution < -0.4 is 16.0 Å². The van der Waals surface area contributed by atoms with Gasteiger partial charge in [-0.05, 0) is 61.9 Å². The van der Waals surface area contributed by atoms with E-state index in [4.69, 9.17) is 39.5 Å². The first-order valence-electron chi connectivity index (χ1n) is 13.0. The Morgan fingerprint density at radius 1 is 0.956 bits per heavy atom. The Kier molecular flexibility index (Phi) is 9.98. The number of benzene rings is 3.